The van der Waals surface area contributed by atoms with Crippen molar-refractivity contribution in [1.29, 1.82) is 5.26 Å². The van der Waals surface area contributed by atoms with Crippen molar-refractivity contribution in [2.75, 3.05) is 25.1 Å². The molecule has 1 amide bonds. The quantitative estimate of drug-likeness (QED) is 0.488. The highest BCUT2D eigenvalue weighted by Crippen LogP contribution is 2.35. The van der Waals surface area contributed by atoms with Crippen LogP contribution in [0.1, 0.15) is 42.8 Å². The number of ether oxygens (including phenoxy) is 1. The van der Waals surface area contributed by atoms with Gasteiger partial charge >= 0.3 is 0 Å². The summed E-state index contributed by atoms with van der Waals surface area (Å²) >= 11 is 6.63. The number of hydrogen-bond acceptors (Lipinski definition) is 8. The third-order valence-electron chi connectivity index (χ3n) is 5.25. The molecule has 0 saturated carbocycles. The molecule has 2 saturated heterocycles. The minimum atomic E-state index is -0.196. The number of rotatable bonds is 5. The first-order valence-electron chi connectivity index (χ1n) is 10.1. The molecule has 9 heteroatoms. The second-order valence-corrected chi connectivity index (χ2v) is 9.01. The van der Waals surface area contributed by atoms with Crippen molar-refractivity contribution in [2.45, 2.75) is 32.2 Å². The zero-order chi connectivity index (χ0) is 21.8. The third kappa shape index (κ3) is 4.75. The molecular formula is C22H22N4O3S2. The molecule has 3 heterocycles. The van der Waals surface area contributed by atoms with Crippen molar-refractivity contribution >= 4 is 46.2 Å². The van der Waals surface area contributed by atoms with Gasteiger partial charge in [0.2, 0.25) is 17.5 Å². The fourth-order valence-electron chi connectivity index (χ4n) is 3.61. The predicted molar refractivity (Wildman–Crippen MR) is 124 cm³/mol. The van der Waals surface area contributed by atoms with Gasteiger partial charge < -0.3 is 14.1 Å². The van der Waals surface area contributed by atoms with Gasteiger partial charge in [0.05, 0.1) is 18.6 Å². The summed E-state index contributed by atoms with van der Waals surface area (Å²) in [5.41, 5.74) is 1.20. The molecule has 0 N–H and O–H groups in total. The summed E-state index contributed by atoms with van der Waals surface area (Å²) in [5, 5.41) is 9.50. The lowest BCUT2D eigenvalue weighted by Gasteiger charge is -2.18. The predicted octanol–water partition coefficient (Wildman–Crippen LogP) is 4.34. The van der Waals surface area contributed by atoms with E-state index < -0.39 is 0 Å². The summed E-state index contributed by atoms with van der Waals surface area (Å²) in [7, 11) is 1.61. The molecule has 2 aliphatic rings. The smallest absolute Gasteiger partial charge is 0.266 e. The number of methoxy groups -OCH3 is 1. The van der Waals surface area contributed by atoms with Crippen LogP contribution in [0.4, 0.5) is 5.88 Å². The van der Waals surface area contributed by atoms with Gasteiger partial charge in [0.1, 0.15) is 16.1 Å². The Bertz CT molecular complexity index is 1050. The highest BCUT2D eigenvalue weighted by Gasteiger charge is 2.33. The highest BCUT2D eigenvalue weighted by atomic mass is 32.2. The number of hydrogen-bond donors (Lipinski definition) is 0. The van der Waals surface area contributed by atoms with Crippen LogP contribution in [0.3, 0.4) is 0 Å². The second kappa shape index (κ2) is 9.54. The van der Waals surface area contributed by atoms with Crippen LogP contribution in [0.25, 0.3) is 6.08 Å². The van der Waals surface area contributed by atoms with Crippen molar-refractivity contribution in [1.82, 2.24) is 9.88 Å². The van der Waals surface area contributed by atoms with Gasteiger partial charge in [-0.3, -0.25) is 9.69 Å². The number of thioether (sulfide) groups is 1. The first-order chi connectivity index (χ1) is 15.1. The lowest BCUT2D eigenvalue weighted by Crippen LogP contribution is -2.27. The average Bonchev–Trinajstić information content (AvgIpc) is 3.16. The van der Waals surface area contributed by atoms with Gasteiger partial charge in [-0.15, -0.1) is 0 Å². The Morgan fingerprint density at radius 1 is 1.26 bits per heavy atom. The number of thiocarbonyl (C=S) groups is 1. The summed E-state index contributed by atoms with van der Waals surface area (Å²) in [6.07, 6.45) is 6.05. The molecular weight excluding hydrogens is 432 g/mol. The van der Waals surface area contributed by atoms with Gasteiger partial charge in [-0.2, -0.15) is 10.2 Å². The van der Waals surface area contributed by atoms with E-state index in [0.717, 1.165) is 37.2 Å². The van der Waals surface area contributed by atoms with Crippen molar-refractivity contribution in [3.05, 3.63) is 46.3 Å². The Morgan fingerprint density at radius 3 is 2.61 bits per heavy atom. The number of nitriles is 1. The number of oxazole rings is 1. The van der Waals surface area contributed by atoms with E-state index in [1.165, 1.54) is 24.6 Å². The molecule has 31 heavy (non-hydrogen) atoms. The van der Waals surface area contributed by atoms with Crippen LogP contribution in [0.5, 0.6) is 5.75 Å². The van der Waals surface area contributed by atoms with Crippen LogP contribution in [0, 0.1) is 11.3 Å². The van der Waals surface area contributed by atoms with Crippen molar-refractivity contribution in [3.8, 4) is 11.8 Å². The van der Waals surface area contributed by atoms with E-state index in [-0.39, 0.29) is 17.5 Å². The molecule has 160 valence electrons. The molecule has 0 radical (unpaired) electrons. The first-order valence-corrected chi connectivity index (χ1v) is 11.4. The summed E-state index contributed by atoms with van der Waals surface area (Å²) in [5.74, 6) is 1.30. The summed E-state index contributed by atoms with van der Waals surface area (Å²) in [6.45, 7) is 2.06. The molecule has 0 spiro atoms. The summed E-state index contributed by atoms with van der Waals surface area (Å²) in [6, 6.07) is 9.63. The van der Waals surface area contributed by atoms with E-state index in [1.807, 2.05) is 24.3 Å². The van der Waals surface area contributed by atoms with Crippen LogP contribution in [0.15, 0.2) is 33.6 Å². The normalized spacial score (nSPS) is 18.4. The van der Waals surface area contributed by atoms with Crippen molar-refractivity contribution in [3.63, 3.8) is 0 Å². The summed E-state index contributed by atoms with van der Waals surface area (Å²) in [4.78, 5) is 21.3. The van der Waals surface area contributed by atoms with E-state index in [1.54, 1.807) is 18.1 Å². The second-order valence-electron chi connectivity index (χ2n) is 7.33. The van der Waals surface area contributed by atoms with Crippen LogP contribution >= 0.6 is 24.0 Å². The molecule has 1 aromatic heterocycles. The molecule has 0 atom stereocenters. The Hall–Kier alpha value is -2.83. The average molecular weight is 455 g/mol. The van der Waals surface area contributed by atoms with Crippen LogP contribution < -0.4 is 9.64 Å². The molecule has 0 bridgehead atoms. The molecule has 4 rings (SSSR count). The standard InChI is InChI=1S/C22H22N4O3S2/c1-28-16-8-6-15(7-9-16)14-26-20(27)18(31-22(26)30)12-19-24-17(13-23)21(29-19)25-10-4-2-3-5-11-25/h6-9,12H,2-5,10-11,14H2,1H3. The number of anilines is 1. The van der Waals surface area contributed by atoms with E-state index in [9.17, 15) is 10.1 Å². The van der Waals surface area contributed by atoms with Crippen LogP contribution in [-0.2, 0) is 11.3 Å². The largest absolute Gasteiger partial charge is 0.497 e. The van der Waals surface area contributed by atoms with Gasteiger partial charge in [0, 0.05) is 19.2 Å². The van der Waals surface area contributed by atoms with Crippen LogP contribution in [0.2, 0.25) is 0 Å². The van der Waals surface area contributed by atoms with Crippen molar-refractivity contribution in [2.24, 2.45) is 0 Å². The monoisotopic (exact) mass is 454 g/mol. The number of carbonyl (C=O) groups is 1. The highest BCUT2D eigenvalue weighted by molar-refractivity contribution is 8.26. The van der Waals surface area contributed by atoms with E-state index in [4.69, 9.17) is 21.4 Å². The molecule has 2 fully saturated rings. The number of nitrogens with zero attached hydrogens (tertiary/aromatic N) is 4. The minimum Gasteiger partial charge on any atom is -0.497 e. The van der Waals surface area contributed by atoms with Crippen molar-refractivity contribution < 1.29 is 13.9 Å². The maximum absolute atomic E-state index is 12.9. The molecule has 0 unspecified atom stereocenters. The lowest BCUT2D eigenvalue weighted by atomic mass is 10.2. The Balaban J connectivity index is 1.53. The summed E-state index contributed by atoms with van der Waals surface area (Å²) < 4.78 is 11.6. The number of carbonyl (C=O) groups excluding carboxylic acids is 1. The van der Waals surface area contributed by atoms with Gasteiger partial charge in [-0.1, -0.05) is 49.0 Å². The number of aromatic nitrogens is 1. The Labute approximate surface area is 190 Å². The molecule has 2 aliphatic heterocycles. The third-order valence-corrected chi connectivity index (χ3v) is 6.63. The maximum atomic E-state index is 12.9. The first kappa shape index (κ1) is 21.4. The Kier molecular flexibility index (Phi) is 6.59. The van der Waals surface area contributed by atoms with Crippen LogP contribution in [-0.4, -0.2) is 40.3 Å². The fourth-order valence-corrected chi connectivity index (χ4v) is 4.83. The minimum absolute atomic E-state index is 0.196. The lowest BCUT2D eigenvalue weighted by molar-refractivity contribution is -0.122. The van der Waals surface area contributed by atoms with Gasteiger partial charge in [0.25, 0.3) is 5.91 Å². The van der Waals surface area contributed by atoms with E-state index in [2.05, 4.69) is 16.0 Å². The maximum Gasteiger partial charge on any atom is 0.266 e. The topological polar surface area (TPSA) is 82.6 Å². The zero-order valence-electron chi connectivity index (χ0n) is 17.2. The van der Waals surface area contributed by atoms with Gasteiger partial charge in [-0.05, 0) is 30.5 Å². The Morgan fingerprint density at radius 2 is 1.97 bits per heavy atom. The van der Waals surface area contributed by atoms with Gasteiger partial charge in [0.15, 0.2) is 0 Å². The van der Waals surface area contributed by atoms with E-state index in [0.29, 0.717) is 21.7 Å². The fraction of sp³-hybridized carbons (Fsp3) is 0.364. The van der Waals surface area contributed by atoms with E-state index >= 15 is 0 Å². The molecule has 2 aromatic rings. The molecule has 1 aromatic carbocycles. The molecule has 7 nitrogen and oxygen atoms in total. The zero-order valence-corrected chi connectivity index (χ0v) is 18.8. The number of benzene rings is 1. The SMILES string of the molecule is COc1ccc(CN2C(=O)C(=Cc3nc(C#N)c(N4CCCCCC4)o3)SC2=S)cc1. The van der Waals surface area contributed by atoms with Gasteiger partial charge in [-0.25, -0.2) is 0 Å². The number of amides is 1. The molecule has 0 aliphatic carbocycles.